The number of nitrogens with zero attached hydrogens (tertiary/aromatic N) is 1. The van der Waals surface area contributed by atoms with E-state index in [0.29, 0.717) is 32.7 Å². The molecule has 0 radical (unpaired) electrons. The quantitative estimate of drug-likeness (QED) is 0.825. The highest BCUT2D eigenvalue weighted by Gasteiger charge is 2.27. The van der Waals surface area contributed by atoms with E-state index >= 15 is 0 Å². The summed E-state index contributed by atoms with van der Waals surface area (Å²) in [7, 11) is 1.60. The molecular weight excluding hydrogens is 282 g/mol. The number of benzene rings is 1. The molecule has 6 heteroatoms. The van der Waals surface area contributed by atoms with Crippen molar-refractivity contribution in [1.29, 1.82) is 0 Å². The Morgan fingerprint density at radius 3 is 2.73 bits per heavy atom. The Labute approximate surface area is 130 Å². The molecular formula is C16H23N3O3. The normalized spacial score (nSPS) is 17.2. The van der Waals surface area contributed by atoms with Crippen molar-refractivity contribution in [2.45, 2.75) is 25.9 Å². The summed E-state index contributed by atoms with van der Waals surface area (Å²) >= 11 is 0. The number of carbonyl (C=O) groups is 2. The number of hydrogen-bond acceptors (Lipinski definition) is 3. The second kappa shape index (κ2) is 7.79. The van der Waals surface area contributed by atoms with Crippen LogP contribution in [0, 0.1) is 6.92 Å². The highest BCUT2D eigenvalue weighted by molar-refractivity contribution is 5.88. The maximum Gasteiger partial charge on any atom is 0.318 e. The molecule has 0 aliphatic carbocycles. The summed E-state index contributed by atoms with van der Waals surface area (Å²) in [6.45, 7) is 4.06. The van der Waals surface area contributed by atoms with Crippen molar-refractivity contribution in [3.63, 3.8) is 0 Å². The van der Waals surface area contributed by atoms with Crippen LogP contribution in [0.25, 0.3) is 0 Å². The number of methoxy groups -OCH3 is 1. The van der Waals surface area contributed by atoms with E-state index in [2.05, 4.69) is 10.6 Å². The van der Waals surface area contributed by atoms with Crippen molar-refractivity contribution in [2.75, 3.05) is 26.8 Å². The van der Waals surface area contributed by atoms with Crippen molar-refractivity contribution in [3.8, 4) is 0 Å². The molecule has 0 aromatic heterocycles. The number of amides is 3. The van der Waals surface area contributed by atoms with E-state index in [4.69, 9.17) is 4.74 Å². The zero-order valence-electron chi connectivity index (χ0n) is 13.1. The molecule has 1 saturated heterocycles. The first-order chi connectivity index (χ1) is 10.6. The van der Waals surface area contributed by atoms with Gasteiger partial charge in [-0.05, 0) is 18.9 Å². The van der Waals surface area contributed by atoms with E-state index in [1.54, 1.807) is 12.0 Å². The topological polar surface area (TPSA) is 70.7 Å². The molecule has 6 nitrogen and oxygen atoms in total. The number of carbonyl (C=O) groups excluding carboxylic acids is 2. The monoisotopic (exact) mass is 305 g/mol. The van der Waals surface area contributed by atoms with Crippen LogP contribution in [0.15, 0.2) is 24.3 Å². The van der Waals surface area contributed by atoms with Crippen molar-refractivity contribution < 1.29 is 14.3 Å². The minimum atomic E-state index is -0.435. The lowest BCUT2D eigenvalue weighted by Crippen LogP contribution is -2.48. The van der Waals surface area contributed by atoms with Crippen LogP contribution in [-0.2, 0) is 16.1 Å². The van der Waals surface area contributed by atoms with Gasteiger partial charge in [-0.3, -0.25) is 4.79 Å². The Morgan fingerprint density at radius 1 is 1.41 bits per heavy atom. The first-order valence-electron chi connectivity index (χ1n) is 7.48. The third kappa shape index (κ3) is 4.46. The van der Waals surface area contributed by atoms with Gasteiger partial charge in [0.05, 0.1) is 6.61 Å². The van der Waals surface area contributed by atoms with Gasteiger partial charge < -0.3 is 20.3 Å². The highest BCUT2D eigenvalue weighted by Crippen LogP contribution is 2.08. The molecule has 0 saturated carbocycles. The molecule has 1 aliphatic heterocycles. The van der Waals surface area contributed by atoms with Gasteiger partial charge in [-0.1, -0.05) is 29.8 Å². The molecule has 1 fully saturated rings. The van der Waals surface area contributed by atoms with Gasteiger partial charge in [-0.2, -0.15) is 0 Å². The molecule has 2 rings (SSSR count). The predicted octanol–water partition coefficient (Wildman–Crippen LogP) is 1.04. The van der Waals surface area contributed by atoms with Crippen molar-refractivity contribution in [2.24, 2.45) is 0 Å². The summed E-state index contributed by atoms with van der Waals surface area (Å²) < 4.78 is 5.07. The van der Waals surface area contributed by atoms with Gasteiger partial charge in [0, 0.05) is 26.7 Å². The molecule has 1 aromatic rings. The fraction of sp³-hybridized carbons (Fsp3) is 0.500. The zero-order valence-corrected chi connectivity index (χ0v) is 13.1. The number of urea groups is 1. The first kappa shape index (κ1) is 16.3. The highest BCUT2D eigenvalue weighted by atomic mass is 16.5. The van der Waals surface area contributed by atoms with Gasteiger partial charge in [-0.15, -0.1) is 0 Å². The maximum atomic E-state index is 12.4. The van der Waals surface area contributed by atoms with Crippen LogP contribution < -0.4 is 10.6 Å². The molecule has 0 spiro atoms. The van der Waals surface area contributed by atoms with Crippen LogP contribution in [0.4, 0.5) is 4.79 Å². The second-order valence-electron chi connectivity index (χ2n) is 5.48. The Hall–Kier alpha value is -2.08. The van der Waals surface area contributed by atoms with Crippen LogP contribution in [-0.4, -0.2) is 49.7 Å². The van der Waals surface area contributed by atoms with E-state index in [-0.39, 0.29) is 11.9 Å². The summed E-state index contributed by atoms with van der Waals surface area (Å²) in [6, 6.07) is 7.38. The van der Waals surface area contributed by atoms with Crippen LogP contribution in [0.2, 0.25) is 0 Å². The van der Waals surface area contributed by atoms with Crippen LogP contribution in [0.3, 0.4) is 0 Å². The first-order valence-corrected chi connectivity index (χ1v) is 7.48. The minimum Gasteiger partial charge on any atom is -0.383 e. The standard InChI is InChI=1S/C16H23N3O3/c1-12-3-5-13(6-4-12)11-19(9-10-22-2)16(21)18-14-7-8-17-15(14)20/h3-6,14H,7-11H2,1-2H3,(H,17,20)(H,18,21)/t14-/m0/s1. The number of nitrogens with one attached hydrogen (secondary N) is 2. The van der Waals surface area contributed by atoms with Gasteiger partial charge in [-0.25, -0.2) is 4.79 Å². The summed E-state index contributed by atoms with van der Waals surface area (Å²) in [5, 5.41) is 5.50. The van der Waals surface area contributed by atoms with Gasteiger partial charge in [0.25, 0.3) is 0 Å². The van der Waals surface area contributed by atoms with E-state index in [1.807, 2.05) is 31.2 Å². The van der Waals surface area contributed by atoms with E-state index in [9.17, 15) is 9.59 Å². The molecule has 1 atom stereocenters. The van der Waals surface area contributed by atoms with E-state index in [0.717, 1.165) is 5.56 Å². The van der Waals surface area contributed by atoms with Crippen LogP contribution in [0.5, 0.6) is 0 Å². The maximum absolute atomic E-state index is 12.4. The van der Waals surface area contributed by atoms with Crippen LogP contribution in [0.1, 0.15) is 17.5 Å². The molecule has 0 bridgehead atoms. The van der Waals surface area contributed by atoms with Crippen LogP contribution >= 0.6 is 0 Å². The SMILES string of the molecule is COCCN(Cc1ccc(C)cc1)C(=O)N[C@H]1CCNC1=O. The van der Waals surface area contributed by atoms with Crippen molar-refractivity contribution >= 4 is 11.9 Å². The van der Waals surface area contributed by atoms with Gasteiger partial charge in [0.2, 0.25) is 5.91 Å². The van der Waals surface area contributed by atoms with Gasteiger partial charge in [0.15, 0.2) is 0 Å². The molecule has 22 heavy (non-hydrogen) atoms. The lowest BCUT2D eigenvalue weighted by molar-refractivity contribution is -0.120. The Bertz CT molecular complexity index is 516. The number of aryl methyl sites for hydroxylation is 1. The van der Waals surface area contributed by atoms with E-state index in [1.165, 1.54) is 5.56 Å². The smallest absolute Gasteiger partial charge is 0.318 e. The largest absolute Gasteiger partial charge is 0.383 e. The minimum absolute atomic E-state index is 0.115. The fourth-order valence-corrected chi connectivity index (χ4v) is 2.34. The van der Waals surface area contributed by atoms with Crippen molar-refractivity contribution in [3.05, 3.63) is 35.4 Å². The summed E-state index contributed by atoms with van der Waals surface area (Å²) in [5.41, 5.74) is 2.23. The Kier molecular flexibility index (Phi) is 5.77. The lowest BCUT2D eigenvalue weighted by Gasteiger charge is -2.24. The van der Waals surface area contributed by atoms with Gasteiger partial charge in [0.1, 0.15) is 6.04 Å². The average molecular weight is 305 g/mol. The summed E-state index contributed by atoms with van der Waals surface area (Å²) in [6.07, 6.45) is 0.632. The molecule has 0 unspecified atom stereocenters. The van der Waals surface area contributed by atoms with E-state index < -0.39 is 6.04 Å². The van der Waals surface area contributed by atoms with Gasteiger partial charge >= 0.3 is 6.03 Å². The third-order valence-electron chi connectivity index (χ3n) is 3.69. The predicted molar refractivity (Wildman–Crippen MR) is 83.4 cm³/mol. The lowest BCUT2D eigenvalue weighted by atomic mass is 10.1. The number of rotatable bonds is 6. The number of ether oxygens (including phenoxy) is 1. The molecule has 120 valence electrons. The zero-order chi connectivity index (χ0) is 15.9. The second-order valence-corrected chi connectivity index (χ2v) is 5.48. The third-order valence-corrected chi connectivity index (χ3v) is 3.69. The summed E-state index contributed by atoms with van der Waals surface area (Å²) in [4.78, 5) is 25.6. The molecule has 1 aromatic carbocycles. The summed E-state index contributed by atoms with van der Waals surface area (Å²) in [5.74, 6) is -0.115. The Balaban J connectivity index is 1.99. The molecule has 3 amide bonds. The average Bonchev–Trinajstić information content (AvgIpc) is 2.90. The molecule has 1 heterocycles. The molecule has 1 aliphatic rings. The Morgan fingerprint density at radius 2 is 2.14 bits per heavy atom. The molecule has 2 N–H and O–H groups in total. The fourth-order valence-electron chi connectivity index (χ4n) is 2.34. The number of hydrogen-bond donors (Lipinski definition) is 2. The van der Waals surface area contributed by atoms with Crippen molar-refractivity contribution in [1.82, 2.24) is 15.5 Å².